The van der Waals surface area contributed by atoms with Crippen LogP contribution in [0, 0.1) is 0 Å². The average Bonchev–Trinajstić information content (AvgIpc) is 3.47. The van der Waals surface area contributed by atoms with E-state index in [-0.39, 0.29) is 17.6 Å². The van der Waals surface area contributed by atoms with Gasteiger partial charge in [0.05, 0.1) is 22.7 Å². The molecule has 1 aliphatic carbocycles. The number of carbonyl (C=O) groups excluding carboxylic acids is 1. The molecule has 7 nitrogen and oxygen atoms in total. The van der Waals surface area contributed by atoms with Crippen molar-refractivity contribution in [3.8, 4) is 0 Å². The third-order valence-electron chi connectivity index (χ3n) is 6.01. The van der Waals surface area contributed by atoms with Crippen LogP contribution in [0.5, 0.6) is 0 Å². The summed E-state index contributed by atoms with van der Waals surface area (Å²) < 4.78 is 41.9. The van der Waals surface area contributed by atoms with Crippen LogP contribution >= 0.6 is 0 Å². The number of amides is 1. The first-order valence-corrected chi connectivity index (χ1v) is 10.5. The lowest BCUT2D eigenvalue weighted by Gasteiger charge is -2.13. The highest BCUT2D eigenvalue weighted by molar-refractivity contribution is 6.06. The lowest BCUT2D eigenvalue weighted by molar-refractivity contribution is -0.137. The SMILES string of the molecule is C=CCNc1nc(C2C(=O)Nc3ccc(C(F)(F)F)cc32)c2cn(C3CCCC3)nc2n1. The number of halogens is 3. The van der Waals surface area contributed by atoms with Gasteiger partial charge in [-0.1, -0.05) is 18.9 Å². The molecule has 166 valence electrons. The van der Waals surface area contributed by atoms with Gasteiger partial charge in [0.15, 0.2) is 5.65 Å². The van der Waals surface area contributed by atoms with Gasteiger partial charge in [0.25, 0.3) is 0 Å². The predicted molar refractivity (Wildman–Crippen MR) is 113 cm³/mol. The number of anilines is 2. The first kappa shape index (κ1) is 20.5. The van der Waals surface area contributed by atoms with Crippen LogP contribution in [0.1, 0.15) is 54.5 Å². The van der Waals surface area contributed by atoms with Crippen molar-refractivity contribution in [2.45, 2.75) is 43.8 Å². The van der Waals surface area contributed by atoms with Gasteiger partial charge < -0.3 is 10.6 Å². The predicted octanol–water partition coefficient (Wildman–Crippen LogP) is 4.64. The van der Waals surface area contributed by atoms with E-state index in [0.717, 1.165) is 37.8 Å². The standard InChI is InChI=1S/C22H21F3N6O/c1-2-9-26-21-28-18(15-11-31(30-19(15)29-21)13-5-3-4-6-13)17-14-10-12(22(23,24)25)7-8-16(14)27-20(17)32/h2,7-8,10-11,13,17H,1,3-6,9H2,(H,27,32)(H,26,29,30). The largest absolute Gasteiger partial charge is 0.416 e. The third-order valence-corrected chi connectivity index (χ3v) is 6.01. The molecule has 1 fully saturated rings. The quantitative estimate of drug-likeness (QED) is 0.563. The third kappa shape index (κ3) is 3.49. The molecule has 32 heavy (non-hydrogen) atoms. The number of carbonyl (C=O) groups is 1. The van der Waals surface area contributed by atoms with Gasteiger partial charge in [0, 0.05) is 18.4 Å². The number of benzene rings is 1. The number of aromatic nitrogens is 4. The lowest BCUT2D eigenvalue weighted by Crippen LogP contribution is -2.16. The molecule has 5 rings (SSSR count). The van der Waals surface area contributed by atoms with Crippen molar-refractivity contribution < 1.29 is 18.0 Å². The van der Waals surface area contributed by atoms with Gasteiger partial charge >= 0.3 is 6.18 Å². The Balaban J connectivity index is 1.67. The van der Waals surface area contributed by atoms with Crippen LogP contribution < -0.4 is 10.6 Å². The van der Waals surface area contributed by atoms with Crippen LogP contribution in [-0.2, 0) is 11.0 Å². The van der Waals surface area contributed by atoms with Crippen molar-refractivity contribution in [3.63, 3.8) is 0 Å². The van der Waals surface area contributed by atoms with Crippen LogP contribution in [0.4, 0.5) is 24.8 Å². The van der Waals surface area contributed by atoms with Crippen LogP contribution in [-0.4, -0.2) is 32.2 Å². The van der Waals surface area contributed by atoms with Gasteiger partial charge in [0.2, 0.25) is 11.9 Å². The molecule has 1 amide bonds. The molecule has 0 saturated heterocycles. The van der Waals surface area contributed by atoms with Crippen molar-refractivity contribution in [2.75, 3.05) is 17.2 Å². The number of fused-ring (bicyclic) bond motifs is 2. The molecule has 0 bridgehead atoms. The molecule has 0 spiro atoms. The lowest BCUT2D eigenvalue weighted by atomic mass is 9.94. The fourth-order valence-electron chi connectivity index (χ4n) is 4.47. The topological polar surface area (TPSA) is 84.7 Å². The number of hydrogen-bond donors (Lipinski definition) is 2. The van der Waals surface area contributed by atoms with Crippen LogP contribution in [0.2, 0.25) is 0 Å². The monoisotopic (exact) mass is 442 g/mol. The van der Waals surface area contributed by atoms with E-state index in [1.807, 2.05) is 10.9 Å². The second kappa shape index (κ2) is 7.61. The maximum atomic E-state index is 13.4. The summed E-state index contributed by atoms with van der Waals surface area (Å²) >= 11 is 0. The molecule has 2 N–H and O–H groups in total. The highest BCUT2D eigenvalue weighted by atomic mass is 19.4. The van der Waals surface area contributed by atoms with Gasteiger partial charge in [-0.25, -0.2) is 4.98 Å². The first-order chi connectivity index (χ1) is 15.3. The summed E-state index contributed by atoms with van der Waals surface area (Å²) in [6.45, 7) is 4.05. The molecule has 1 atom stereocenters. The second-order valence-electron chi connectivity index (χ2n) is 8.11. The molecule has 1 aliphatic heterocycles. The fraction of sp³-hybridized carbons (Fsp3) is 0.364. The van der Waals surface area contributed by atoms with E-state index in [1.54, 1.807) is 6.08 Å². The summed E-state index contributed by atoms with van der Waals surface area (Å²) in [5.74, 6) is -1.18. The van der Waals surface area contributed by atoms with E-state index < -0.39 is 23.6 Å². The molecular weight excluding hydrogens is 421 g/mol. The summed E-state index contributed by atoms with van der Waals surface area (Å²) in [6.07, 6.45) is 3.17. The van der Waals surface area contributed by atoms with Crippen molar-refractivity contribution in [3.05, 3.63) is 53.9 Å². The Morgan fingerprint density at radius 1 is 1.25 bits per heavy atom. The van der Waals surface area contributed by atoms with Gasteiger partial charge in [0.1, 0.15) is 5.92 Å². The Labute approximate surface area is 181 Å². The zero-order chi connectivity index (χ0) is 22.5. The number of hydrogen-bond acceptors (Lipinski definition) is 5. The zero-order valence-corrected chi connectivity index (χ0v) is 17.1. The minimum atomic E-state index is -4.52. The molecule has 0 radical (unpaired) electrons. The molecule has 2 aromatic heterocycles. The molecule has 1 saturated carbocycles. The Morgan fingerprint density at radius 2 is 2.03 bits per heavy atom. The molecular formula is C22H21F3N6O. The second-order valence-corrected chi connectivity index (χ2v) is 8.11. The Hall–Kier alpha value is -3.43. The van der Waals surface area contributed by atoms with Gasteiger partial charge in [-0.3, -0.25) is 9.48 Å². The van der Waals surface area contributed by atoms with Crippen molar-refractivity contribution in [2.24, 2.45) is 0 Å². The Kier molecular flexibility index (Phi) is 4.87. The van der Waals surface area contributed by atoms with E-state index in [2.05, 4.69) is 32.3 Å². The fourth-order valence-corrected chi connectivity index (χ4v) is 4.47. The molecule has 3 heterocycles. The number of nitrogens with zero attached hydrogens (tertiary/aromatic N) is 4. The van der Waals surface area contributed by atoms with E-state index in [4.69, 9.17) is 0 Å². The summed E-state index contributed by atoms with van der Waals surface area (Å²) in [5.41, 5.74) is 0.523. The van der Waals surface area contributed by atoms with Crippen LogP contribution in [0.15, 0.2) is 37.1 Å². The van der Waals surface area contributed by atoms with E-state index in [9.17, 15) is 18.0 Å². The molecule has 10 heteroatoms. The first-order valence-electron chi connectivity index (χ1n) is 10.5. The minimum Gasteiger partial charge on any atom is -0.351 e. The highest BCUT2D eigenvalue weighted by Crippen LogP contribution is 2.42. The van der Waals surface area contributed by atoms with Gasteiger partial charge in [-0.05, 0) is 36.6 Å². The number of rotatable bonds is 5. The van der Waals surface area contributed by atoms with Crippen molar-refractivity contribution in [1.29, 1.82) is 0 Å². The molecule has 3 aromatic rings. The highest BCUT2D eigenvalue weighted by Gasteiger charge is 2.39. The maximum Gasteiger partial charge on any atom is 0.416 e. The summed E-state index contributed by atoms with van der Waals surface area (Å²) in [4.78, 5) is 21.9. The molecule has 2 aliphatic rings. The molecule has 1 aromatic carbocycles. The normalized spacial score (nSPS) is 18.7. The summed E-state index contributed by atoms with van der Waals surface area (Å²) in [7, 11) is 0. The smallest absolute Gasteiger partial charge is 0.351 e. The average molecular weight is 442 g/mol. The van der Waals surface area contributed by atoms with Crippen molar-refractivity contribution >= 4 is 28.6 Å². The summed E-state index contributed by atoms with van der Waals surface area (Å²) in [6, 6.07) is 3.51. The minimum absolute atomic E-state index is 0.239. The van der Waals surface area contributed by atoms with Gasteiger partial charge in [-0.2, -0.15) is 23.3 Å². The van der Waals surface area contributed by atoms with Crippen LogP contribution in [0.25, 0.3) is 11.0 Å². The Morgan fingerprint density at radius 3 is 2.75 bits per heavy atom. The Bertz CT molecular complexity index is 1210. The molecule has 1 unspecified atom stereocenters. The van der Waals surface area contributed by atoms with Gasteiger partial charge in [-0.15, -0.1) is 6.58 Å². The van der Waals surface area contributed by atoms with E-state index >= 15 is 0 Å². The van der Waals surface area contributed by atoms with E-state index in [1.165, 1.54) is 6.07 Å². The van der Waals surface area contributed by atoms with Crippen molar-refractivity contribution in [1.82, 2.24) is 19.7 Å². The van der Waals surface area contributed by atoms with Crippen LogP contribution in [0.3, 0.4) is 0 Å². The zero-order valence-electron chi connectivity index (χ0n) is 17.1. The van der Waals surface area contributed by atoms with E-state index in [0.29, 0.717) is 29.0 Å². The maximum absolute atomic E-state index is 13.4. The number of alkyl halides is 3. The summed E-state index contributed by atoms with van der Waals surface area (Å²) in [5, 5.41) is 10.9. The number of nitrogens with one attached hydrogen (secondary N) is 2.